The lowest BCUT2D eigenvalue weighted by Crippen LogP contribution is -2.40. The summed E-state index contributed by atoms with van der Waals surface area (Å²) < 4.78 is 0. The number of nitrogens with zero attached hydrogens (tertiary/aromatic N) is 1. The maximum absolute atomic E-state index is 11.2. The number of aliphatic carboxylic acids is 1. The Kier molecular flexibility index (Phi) is 5.09. The quantitative estimate of drug-likeness (QED) is 0.891. The minimum Gasteiger partial charge on any atom is -0.480 e. The summed E-state index contributed by atoms with van der Waals surface area (Å²) in [4.78, 5) is 12.9. The number of carboxylic acid groups (broad SMARTS) is 1. The SMILES string of the molecule is CC[C@H](C(=O)O)N(CC)c1cc(Cl)cc(Cl)c1. The maximum Gasteiger partial charge on any atom is 0.326 e. The molecule has 1 aromatic rings. The van der Waals surface area contributed by atoms with Crippen molar-refractivity contribution in [3.05, 3.63) is 28.2 Å². The minimum atomic E-state index is -0.842. The van der Waals surface area contributed by atoms with Crippen LogP contribution in [-0.2, 0) is 4.79 Å². The molecular weight excluding hydrogens is 261 g/mol. The van der Waals surface area contributed by atoms with E-state index in [2.05, 4.69) is 0 Å². The Morgan fingerprint density at radius 2 is 1.82 bits per heavy atom. The maximum atomic E-state index is 11.2. The first-order chi connectivity index (χ1) is 7.99. The first-order valence-corrected chi connectivity index (χ1v) is 6.20. The van der Waals surface area contributed by atoms with E-state index in [1.54, 1.807) is 23.1 Å². The molecule has 1 N–H and O–H groups in total. The molecule has 1 aromatic carbocycles. The van der Waals surface area contributed by atoms with Crippen LogP contribution in [0.4, 0.5) is 5.69 Å². The number of likely N-dealkylation sites (N-methyl/N-ethyl adjacent to an activating group) is 1. The second-order valence-electron chi connectivity index (χ2n) is 3.68. The molecule has 0 spiro atoms. The van der Waals surface area contributed by atoms with Crippen LogP contribution in [0.25, 0.3) is 0 Å². The van der Waals surface area contributed by atoms with Crippen LogP contribution >= 0.6 is 23.2 Å². The summed E-state index contributed by atoms with van der Waals surface area (Å²) in [6.07, 6.45) is 0.521. The van der Waals surface area contributed by atoms with Crippen molar-refractivity contribution in [2.45, 2.75) is 26.3 Å². The summed E-state index contributed by atoms with van der Waals surface area (Å²) in [5.41, 5.74) is 0.735. The van der Waals surface area contributed by atoms with Crippen LogP contribution in [0.5, 0.6) is 0 Å². The number of hydrogen-bond donors (Lipinski definition) is 1. The van der Waals surface area contributed by atoms with Crippen molar-refractivity contribution in [3.63, 3.8) is 0 Å². The standard InChI is InChI=1S/C12H15Cl2NO2/c1-3-11(12(16)17)15(4-2)10-6-8(13)5-9(14)7-10/h5-7,11H,3-4H2,1-2H3,(H,16,17)/t11-/m1/s1. The number of carboxylic acids is 1. The molecule has 0 amide bonds. The fraction of sp³-hybridized carbons (Fsp3) is 0.417. The molecule has 0 unspecified atom stereocenters. The molecule has 0 heterocycles. The Morgan fingerprint density at radius 1 is 1.29 bits per heavy atom. The van der Waals surface area contributed by atoms with Gasteiger partial charge in [-0.1, -0.05) is 30.1 Å². The van der Waals surface area contributed by atoms with Gasteiger partial charge in [0.05, 0.1) is 0 Å². The van der Waals surface area contributed by atoms with E-state index in [4.69, 9.17) is 28.3 Å². The van der Waals surface area contributed by atoms with E-state index in [-0.39, 0.29) is 0 Å². The predicted molar refractivity (Wildman–Crippen MR) is 71.2 cm³/mol. The van der Waals surface area contributed by atoms with Crippen LogP contribution in [0, 0.1) is 0 Å². The summed E-state index contributed by atoms with van der Waals surface area (Å²) in [5.74, 6) is -0.842. The molecule has 17 heavy (non-hydrogen) atoms. The summed E-state index contributed by atoms with van der Waals surface area (Å²) in [7, 11) is 0. The normalized spacial score (nSPS) is 12.2. The summed E-state index contributed by atoms with van der Waals surface area (Å²) in [5, 5.41) is 10.2. The van der Waals surface area contributed by atoms with Crippen LogP contribution in [0.15, 0.2) is 18.2 Å². The molecule has 1 rings (SSSR count). The van der Waals surface area contributed by atoms with Gasteiger partial charge >= 0.3 is 5.97 Å². The smallest absolute Gasteiger partial charge is 0.326 e. The van der Waals surface area contributed by atoms with Crippen LogP contribution in [0.1, 0.15) is 20.3 Å². The minimum absolute atomic E-state index is 0.506. The molecular formula is C12H15Cl2NO2. The zero-order chi connectivity index (χ0) is 13.0. The molecule has 0 fully saturated rings. The highest BCUT2D eigenvalue weighted by molar-refractivity contribution is 6.35. The Hall–Kier alpha value is -0.930. The first-order valence-electron chi connectivity index (χ1n) is 5.45. The van der Waals surface area contributed by atoms with Gasteiger partial charge < -0.3 is 10.0 Å². The van der Waals surface area contributed by atoms with Crippen LogP contribution < -0.4 is 4.90 Å². The third-order valence-electron chi connectivity index (χ3n) is 2.57. The van der Waals surface area contributed by atoms with Crippen molar-refractivity contribution in [2.24, 2.45) is 0 Å². The zero-order valence-electron chi connectivity index (χ0n) is 9.78. The monoisotopic (exact) mass is 275 g/mol. The highest BCUT2D eigenvalue weighted by Crippen LogP contribution is 2.27. The number of rotatable bonds is 5. The van der Waals surface area contributed by atoms with E-state index in [9.17, 15) is 4.79 Å². The summed E-state index contributed by atoms with van der Waals surface area (Å²) >= 11 is 11.8. The van der Waals surface area contributed by atoms with E-state index in [1.165, 1.54) is 0 Å². The molecule has 3 nitrogen and oxygen atoms in total. The molecule has 0 saturated carbocycles. The van der Waals surface area contributed by atoms with E-state index in [0.717, 1.165) is 5.69 Å². The third kappa shape index (κ3) is 3.51. The van der Waals surface area contributed by atoms with Crippen LogP contribution in [0.2, 0.25) is 10.0 Å². The summed E-state index contributed by atoms with van der Waals surface area (Å²) in [6, 6.07) is 4.52. The van der Waals surface area contributed by atoms with Gasteiger partial charge in [0.15, 0.2) is 0 Å². The molecule has 1 atom stereocenters. The molecule has 0 saturated heterocycles. The van der Waals surface area contributed by atoms with Crippen LogP contribution in [-0.4, -0.2) is 23.7 Å². The zero-order valence-corrected chi connectivity index (χ0v) is 11.3. The Bertz CT molecular complexity index is 389. The van der Waals surface area contributed by atoms with Crippen molar-refractivity contribution >= 4 is 34.9 Å². The van der Waals surface area contributed by atoms with Gasteiger partial charge in [0.1, 0.15) is 6.04 Å². The van der Waals surface area contributed by atoms with Gasteiger partial charge in [0.25, 0.3) is 0 Å². The van der Waals surface area contributed by atoms with Gasteiger partial charge in [-0.3, -0.25) is 0 Å². The highest BCUT2D eigenvalue weighted by atomic mass is 35.5. The number of anilines is 1. The number of carbonyl (C=O) groups is 1. The largest absolute Gasteiger partial charge is 0.480 e. The molecule has 0 aliphatic rings. The van der Waals surface area contributed by atoms with Gasteiger partial charge in [0, 0.05) is 22.3 Å². The van der Waals surface area contributed by atoms with E-state index < -0.39 is 12.0 Å². The predicted octanol–water partition coefficient (Wildman–Crippen LogP) is 3.68. The van der Waals surface area contributed by atoms with Gasteiger partial charge in [-0.2, -0.15) is 0 Å². The lowest BCUT2D eigenvalue weighted by Gasteiger charge is -2.29. The van der Waals surface area contributed by atoms with Crippen molar-refractivity contribution in [1.82, 2.24) is 0 Å². The average Bonchev–Trinajstić information content (AvgIpc) is 2.23. The second kappa shape index (κ2) is 6.12. The fourth-order valence-electron chi connectivity index (χ4n) is 1.82. The molecule has 94 valence electrons. The van der Waals surface area contributed by atoms with Gasteiger partial charge in [-0.05, 0) is 31.5 Å². The number of halogens is 2. The fourth-order valence-corrected chi connectivity index (χ4v) is 2.33. The average molecular weight is 276 g/mol. The Morgan fingerprint density at radius 3 is 2.18 bits per heavy atom. The van der Waals surface area contributed by atoms with E-state index in [1.807, 2.05) is 13.8 Å². The Balaban J connectivity index is 3.11. The lowest BCUT2D eigenvalue weighted by molar-refractivity contribution is -0.138. The molecule has 0 bridgehead atoms. The number of benzene rings is 1. The van der Waals surface area contributed by atoms with Gasteiger partial charge in [0.2, 0.25) is 0 Å². The van der Waals surface area contributed by atoms with Crippen LogP contribution in [0.3, 0.4) is 0 Å². The molecule has 5 heteroatoms. The lowest BCUT2D eigenvalue weighted by atomic mass is 10.1. The van der Waals surface area contributed by atoms with Crippen molar-refractivity contribution in [2.75, 3.05) is 11.4 Å². The summed E-state index contributed by atoms with van der Waals surface area (Å²) in [6.45, 7) is 4.33. The van der Waals surface area contributed by atoms with E-state index >= 15 is 0 Å². The first kappa shape index (κ1) is 14.1. The third-order valence-corrected chi connectivity index (χ3v) is 3.00. The van der Waals surface area contributed by atoms with Crippen molar-refractivity contribution in [1.29, 1.82) is 0 Å². The molecule has 0 aliphatic heterocycles. The van der Waals surface area contributed by atoms with Crippen molar-refractivity contribution < 1.29 is 9.90 Å². The van der Waals surface area contributed by atoms with Gasteiger partial charge in [-0.15, -0.1) is 0 Å². The Labute approximate surface area is 111 Å². The number of hydrogen-bond acceptors (Lipinski definition) is 2. The van der Waals surface area contributed by atoms with E-state index in [0.29, 0.717) is 23.0 Å². The highest BCUT2D eigenvalue weighted by Gasteiger charge is 2.23. The second-order valence-corrected chi connectivity index (χ2v) is 4.55. The molecule has 0 aromatic heterocycles. The molecule has 0 radical (unpaired) electrons. The van der Waals surface area contributed by atoms with Crippen molar-refractivity contribution in [3.8, 4) is 0 Å². The topological polar surface area (TPSA) is 40.5 Å². The van der Waals surface area contributed by atoms with Gasteiger partial charge in [-0.25, -0.2) is 4.79 Å². The molecule has 0 aliphatic carbocycles.